The summed E-state index contributed by atoms with van der Waals surface area (Å²) in [6, 6.07) is 7.70. The first kappa shape index (κ1) is 23.8. The van der Waals surface area contributed by atoms with Crippen LogP contribution in [0.1, 0.15) is 17.4 Å². The number of imidazole rings is 1. The fourth-order valence-corrected chi connectivity index (χ4v) is 3.99. The van der Waals surface area contributed by atoms with E-state index in [-0.39, 0.29) is 11.8 Å². The first-order valence-electron chi connectivity index (χ1n) is 11.0. The molecule has 0 radical (unpaired) electrons. The highest BCUT2D eigenvalue weighted by molar-refractivity contribution is 5.81. The van der Waals surface area contributed by atoms with Crippen molar-refractivity contribution in [1.82, 2.24) is 35.1 Å². The summed E-state index contributed by atoms with van der Waals surface area (Å²) >= 11 is 0. The van der Waals surface area contributed by atoms with E-state index in [4.69, 9.17) is 10.5 Å². The first-order valence-corrected chi connectivity index (χ1v) is 11.0. The molecule has 6 N–H and O–H groups in total. The van der Waals surface area contributed by atoms with Crippen LogP contribution in [0.5, 0.6) is 0 Å². The number of aromatic nitrogens is 4. The standard InChI is InChI=1S/C22H30N8O4/c1-13-4-3-5-14(8-13)9-25-22(33)24-6-7-29(2)10-15-17(31)18(32)21(34-15)30-12-28-16-19(23)26-11-27-20(16)30/h3-5,8,11-12,15,17-18,21,31-32H,6-7,9-10H2,1-2H3,(H2,23,26,27)(H2,24,25,33)/t15-,17-,18-,21?/m1/s1. The van der Waals surface area contributed by atoms with Gasteiger partial charge in [-0.3, -0.25) is 4.57 Å². The smallest absolute Gasteiger partial charge is 0.315 e. The number of aliphatic hydroxyl groups excluding tert-OH is 2. The average Bonchev–Trinajstić information content (AvgIpc) is 3.35. The number of aryl methyl sites for hydroxylation is 1. The lowest BCUT2D eigenvalue weighted by atomic mass is 10.1. The van der Waals surface area contributed by atoms with Gasteiger partial charge in [0.2, 0.25) is 0 Å². The van der Waals surface area contributed by atoms with E-state index in [2.05, 4.69) is 25.6 Å². The van der Waals surface area contributed by atoms with E-state index >= 15 is 0 Å². The van der Waals surface area contributed by atoms with Gasteiger partial charge in [-0.15, -0.1) is 0 Å². The summed E-state index contributed by atoms with van der Waals surface area (Å²) < 4.78 is 7.50. The number of likely N-dealkylation sites (N-methyl/N-ethyl adjacent to an activating group) is 1. The number of nitrogens with one attached hydrogen (secondary N) is 2. The van der Waals surface area contributed by atoms with Crippen molar-refractivity contribution in [3.05, 3.63) is 48.0 Å². The second-order valence-electron chi connectivity index (χ2n) is 8.49. The quantitative estimate of drug-likeness (QED) is 0.299. The topological polar surface area (TPSA) is 164 Å². The zero-order valence-corrected chi connectivity index (χ0v) is 19.1. The molecule has 1 aliphatic rings. The predicted molar refractivity (Wildman–Crippen MR) is 125 cm³/mol. The van der Waals surface area contributed by atoms with Crippen molar-refractivity contribution in [2.75, 3.05) is 32.4 Å². The number of nitrogen functional groups attached to an aromatic ring is 1. The Morgan fingerprint density at radius 2 is 2.06 bits per heavy atom. The van der Waals surface area contributed by atoms with Gasteiger partial charge in [-0.05, 0) is 19.5 Å². The largest absolute Gasteiger partial charge is 0.387 e. The third-order valence-corrected chi connectivity index (χ3v) is 5.80. The van der Waals surface area contributed by atoms with Gasteiger partial charge in [-0.2, -0.15) is 0 Å². The van der Waals surface area contributed by atoms with Gasteiger partial charge in [0.1, 0.15) is 30.2 Å². The van der Waals surface area contributed by atoms with Crippen LogP contribution >= 0.6 is 0 Å². The van der Waals surface area contributed by atoms with Gasteiger partial charge >= 0.3 is 6.03 Å². The molecule has 3 aromatic rings. The lowest BCUT2D eigenvalue weighted by Crippen LogP contribution is -2.43. The van der Waals surface area contributed by atoms with Gasteiger partial charge < -0.3 is 36.2 Å². The molecule has 1 fully saturated rings. The number of ether oxygens (including phenoxy) is 1. The summed E-state index contributed by atoms with van der Waals surface area (Å²) in [5.41, 5.74) is 8.82. The highest BCUT2D eigenvalue weighted by Gasteiger charge is 2.44. The summed E-state index contributed by atoms with van der Waals surface area (Å²) in [6.45, 7) is 3.75. The summed E-state index contributed by atoms with van der Waals surface area (Å²) in [7, 11) is 1.85. The minimum absolute atomic E-state index is 0.225. The van der Waals surface area contributed by atoms with Crippen molar-refractivity contribution in [3.8, 4) is 0 Å². The molecule has 0 spiro atoms. The number of carbonyl (C=O) groups excluding carboxylic acids is 1. The number of benzene rings is 1. The highest BCUT2D eigenvalue weighted by atomic mass is 16.6. The molecule has 34 heavy (non-hydrogen) atoms. The molecule has 1 saturated heterocycles. The maximum absolute atomic E-state index is 12.1. The Labute approximate surface area is 196 Å². The number of anilines is 1. The van der Waals surface area contributed by atoms with E-state index in [0.717, 1.165) is 11.1 Å². The monoisotopic (exact) mass is 470 g/mol. The number of hydrogen-bond donors (Lipinski definition) is 5. The molecule has 2 amide bonds. The summed E-state index contributed by atoms with van der Waals surface area (Å²) in [6.07, 6.45) is -1.01. The van der Waals surface area contributed by atoms with E-state index in [1.54, 1.807) is 4.57 Å². The molecule has 0 saturated carbocycles. The maximum Gasteiger partial charge on any atom is 0.315 e. The highest BCUT2D eigenvalue weighted by Crippen LogP contribution is 2.32. The molecule has 1 unspecified atom stereocenters. The predicted octanol–water partition coefficient (Wildman–Crippen LogP) is -0.233. The average molecular weight is 471 g/mol. The fourth-order valence-electron chi connectivity index (χ4n) is 3.99. The van der Waals surface area contributed by atoms with Gasteiger partial charge in [-0.1, -0.05) is 29.8 Å². The number of carbonyl (C=O) groups is 1. The van der Waals surface area contributed by atoms with Gasteiger partial charge in [0.05, 0.1) is 6.33 Å². The number of amides is 2. The molecule has 12 heteroatoms. The minimum Gasteiger partial charge on any atom is -0.387 e. The van der Waals surface area contributed by atoms with Crippen LogP contribution in [-0.2, 0) is 11.3 Å². The lowest BCUT2D eigenvalue weighted by Gasteiger charge is -2.23. The Kier molecular flexibility index (Phi) is 7.22. The zero-order chi connectivity index (χ0) is 24.2. The van der Waals surface area contributed by atoms with Crippen molar-refractivity contribution in [2.45, 2.75) is 38.0 Å². The van der Waals surface area contributed by atoms with Crippen molar-refractivity contribution >= 4 is 23.0 Å². The van der Waals surface area contributed by atoms with Crippen LogP contribution in [0.25, 0.3) is 11.2 Å². The van der Waals surface area contributed by atoms with Gasteiger partial charge in [0, 0.05) is 26.2 Å². The molecule has 4 rings (SSSR count). The van der Waals surface area contributed by atoms with Gasteiger partial charge in [-0.25, -0.2) is 19.7 Å². The third kappa shape index (κ3) is 5.25. The van der Waals surface area contributed by atoms with Gasteiger partial charge in [0.15, 0.2) is 17.7 Å². The van der Waals surface area contributed by atoms with Crippen molar-refractivity contribution in [3.63, 3.8) is 0 Å². The number of aliphatic hydroxyl groups is 2. The van der Waals surface area contributed by atoms with Crippen LogP contribution in [0, 0.1) is 6.92 Å². The second kappa shape index (κ2) is 10.3. The fraction of sp³-hybridized carbons (Fsp3) is 0.455. The van der Waals surface area contributed by atoms with Crippen LogP contribution < -0.4 is 16.4 Å². The Hall–Kier alpha value is -3.32. The number of urea groups is 1. The van der Waals surface area contributed by atoms with E-state index < -0.39 is 24.5 Å². The molecular formula is C22H30N8O4. The van der Waals surface area contributed by atoms with Gasteiger partial charge in [0.25, 0.3) is 0 Å². The van der Waals surface area contributed by atoms with E-state index in [9.17, 15) is 15.0 Å². The van der Waals surface area contributed by atoms with Crippen molar-refractivity contribution in [1.29, 1.82) is 0 Å². The number of hydrogen-bond acceptors (Lipinski definition) is 9. The third-order valence-electron chi connectivity index (χ3n) is 5.80. The Morgan fingerprint density at radius 1 is 1.24 bits per heavy atom. The van der Waals surface area contributed by atoms with Crippen molar-refractivity contribution in [2.24, 2.45) is 0 Å². The SMILES string of the molecule is Cc1cccc(CNC(=O)NCCN(C)C[C@H]2OC(n3cnc4c(N)ncnc43)[C@H](O)[C@@H]2O)c1. The number of nitrogens with two attached hydrogens (primary N) is 1. The number of fused-ring (bicyclic) bond motifs is 1. The maximum atomic E-state index is 12.1. The van der Waals surface area contributed by atoms with Crippen LogP contribution in [0.15, 0.2) is 36.9 Å². The molecule has 3 heterocycles. The Morgan fingerprint density at radius 3 is 2.85 bits per heavy atom. The van der Waals surface area contributed by atoms with Crippen LogP contribution in [-0.4, -0.2) is 85.7 Å². The minimum atomic E-state index is -1.17. The van der Waals surface area contributed by atoms with E-state index in [1.807, 2.05) is 43.1 Å². The Balaban J connectivity index is 1.25. The normalized spacial score (nSPS) is 22.4. The summed E-state index contributed by atoms with van der Waals surface area (Å²) in [5.74, 6) is 0.225. The zero-order valence-electron chi connectivity index (χ0n) is 19.1. The van der Waals surface area contributed by atoms with E-state index in [1.165, 1.54) is 12.7 Å². The van der Waals surface area contributed by atoms with Crippen LogP contribution in [0.2, 0.25) is 0 Å². The summed E-state index contributed by atoms with van der Waals surface area (Å²) in [4.78, 5) is 26.2. The Bertz CT molecular complexity index is 1140. The first-order chi connectivity index (χ1) is 16.3. The molecule has 1 aliphatic heterocycles. The van der Waals surface area contributed by atoms with Crippen molar-refractivity contribution < 1.29 is 19.7 Å². The van der Waals surface area contributed by atoms with E-state index in [0.29, 0.717) is 37.3 Å². The number of rotatable bonds is 8. The lowest BCUT2D eigenvalue weighted by molar-refractivity contribution is -0.0420. The second-order valence-corrected chi connectivity index (χ2v) is 8.49. The number of nitrogens with zero attached hydrogens (tertiary/aromatic N) is 5. The molecule has 4 atom stereocenters. The molecule has 12 nitrogen and oxygen atoms in total. The molecule has 182 valence electrons. The summed E-state index contributed by atoms with van der Waals surface area (Å²) in [5, 5.41) is 26.8. The molecular weight excluding hydrogens is 440 g/mol. The molecule has 0 bridgehead atoms. The molecule has 2 aromatic heterocycles. The van der Waals surface area contributed by atoms with Crippen LogP contribution in [0.4, 0.5) is 10.6 Å². The molecule has 0 aliphatic carbocycles. The van der Waals surface area contributed by atoms with Crippen LogP contribution in [0.3, 0.4) is 0 Å². The molecule has 1 aromatic carbocycles.